The van der Waals surface area contributed by atoms with Crippen LogP contribution in [0.4, 0.5) is 10.5 Å². The SMILES string of the molecule is COC(=O)N[C@H]1CC(=O)c2cccc3c2N(C1=O)[C@H](C(=O)OCC(=O)c1ccc(Br)cc1)C3. The van der Waals surface area contributed by atoms with Crippen LogP contribution in [0.3, 0.4) is 0 Å². The van der Waals surface area contributed by atoms with E-state index in [1.807, 2.05) is 0 Å². The van der Waals surface area contributed by atoms with Gasteiger partial charge in [-0.05, 0) is 23.8 Å². The Kier molecular flexibility index (Phi) is 6.28. The molecule has 4 rings (SSSR count). The average Bonchev–Trinajstić information content (AvgIpc) is 3.17. The first-order valence-corrected chi connectivity index (χ1v) is 10.9. The average molecular weight is 515 g/mol. The van der Waals surface area contributed by atoms with Crippen LogP contribution in [0.15, 0.2) is 46.9 Å². The van der Waals surface area contributed by atoms with E-state index in [0.717, 1.165) is 11.6 Å². The highest BCUT2D eigenvalue weighted by atomic mass is 79.9. The second kappa shape index (κ2) is 9.14. The Balaban J connectivity index is 1.57. The topological polar surface area (TPSA) is 119 Å². The van der Waals surface area contributed by atoms with Gasteiger partial charge < -0.3 is 14.8 Å². The molecule has 10 heteroatoms. The van der Waals surface area contributed by atoms with E-state index in [0.29, 0.717) is 16.8 Å². The smallest absolute Gasteiger partial charge is 0.407 e. The van der Waals surface area contributed by atoms with E-state index < -0.39 is 42.4 Å². The molecule has 0 aliphatic carbocycles. The van der Waals surface area contributed by atoms with Crippen LogP contribution in [0.25, 0.3) is 0 Å². The summed E-state index contributed by atoms with van der Waals surface area (Å²) in [7, 11) is 1.14. The fourth-order valence-electron chi connectivity index (χ4n) is 3.99. The Morgan fingerprint density at radius 3 is 2.52 bits per heavy atom. The molecule has 9 nitrogen and oxygen atoms in total. The van der Waals surface area contributed by atoms with Crippen molar-refractivity contribution in [3.05, 3.63) is 63.6 Å². The Morgan fingerprint density at radius 2 is 1.82 bits per heavy atom. The van der Waals surface area contributed by atoms with Crippen molar-refractivity contribution in [3.63, 3.8) is 0 Å². The van der Waals surface area contributed by atoms with Gasteiger partial charge in [0, 0.05) is 28.4 Å². The van der Waals surface area contributed by atoms with Gasteiger partial charge in [0.15, 0.2) is 18.2 Å². The lowest BCUT2D eigenvalue weighted by Gasteiger charge is -2.26. The Labute approximate surface area is 197 Å². The van der Waals surface area contributed by atoms with Crippen molar-refractivity contribution < 1.29 is 33.4 Å². The molecule has 0 fully saturated rings. The van der Waals surface area contributed by atoms with E-state index in [1.165, 1.54) is 4.90 Å². The Morgan fingerprint density at radius 1 is 1.09 bits per heavy atom. The number of hydrogen-bond donors (Lipinski definition) is 1. The van der Waals surface area contributed by atoms with Crippen LogP contribution in [0, 0.1) is 0 Å². The van der Waals surface area contributed by atoms with Gasteiger partial charge in [-0.3, -0.25) is 19.3 Å². The Hall–Kier alpha value is -3.53. The number of carbonyl (C=O) groups excluding carboxylic acids is 5. The summed E-state index contributed by atoms with van der Waals surface area (Å²) in [5, 5.41) is 2.36. The van der Waals surface area contributed by atoms with Crippen molar-refractivity contribution in [2.24, 2.45) is 0 Å². The number of carbonyl (C=O) groups is 5. The molecule has 2 aromatic rings. The molecule has 1 N–H and O–H groups in total. The summed E-state index contributed by atoms with van der Waals surface area (Å²) in [5.41, 5.74) is 1.63. The third-order valence-electron chi connectivity index (χ3n) is 5.57. The molecule has 2 heterocycles. The zero-order chi connectivity index (χ0) is 23.7. The van der Waals surface area contributed by atoms with Crippen molar-refractivity contribution in [2.45, 2.75) is 24.9 Å². The molecule has 33 heavy (non-hydrogen) atoms. The van der Waals surface area contributed by atoms with Gasteiger partial charge in [-0.2, -0.15) is 0 Å². The lowest BCUT2D eigenvalue weighted by atomic mass is 10.0. The zero-order valence-corrected chi connectivity index (χ0v) is 19.1. The van der Waals surface area contributed by atoms with Crippen LogP contribution in [0.1, 0.15) is 32.7 Å². The fourth-order valence-corrected chi connectivity index (χ4v) is 4.25. The number of rotatable bonds is 5. The van der Waals surface area contributed by atoms with Gasteiger partial charge >= 0.3 is 12.1 Å². The number of nitrogens with zero attached hydrogens (tertiary/aromatic N) is 1. The Bertz CT molecular complexity index is 1160. The van der Waals surface area contributed by atoms with Gasteiger partial charge in [0.1, 0.15) is 12.1 Å². The fraction of sp³-hybridized carbons (Fsp3) is 0.261. The van der Waals surface area contributed by atoms with Crippen LogP contribution < -0.4 is 10.2 Å². The number of ether oxygens (including phenoxy) is 2. The molecular weight excluding hydrogens is 496 g/mol. The van der Waals surface area contributed by atoms with Gasteiger partial charge in [0.25, 0.3) is 5.91 Å². The molecule has 2 atom stereocenters. The molecule has 0 aromatic heterocycles. The first kappa shape index (κ1) is 22.7. The van der Waals surface area contributed by atoms with Crippen LogP contribution in [-0.4, -0.2) is 55.3 Å². The number of anilines is 1. The molecule has 170 valence electrons. The summed E-state index contributed by atoms with van der Waals surface area (Å²) in [6.07, 6.45) is -1.02. The normalized spacial score (nSPS) is 18.9. The number of Topliss-reactive ketones (excluding diaryl/α,β-unsaturated/α-hetero) is 2. The molecule has 0 radical (unpaired) electrons. The van der Waals surface area contributed by atoms with E-state index in [-0.39, 0.29) is 24.2 Å². The predicted molar refractivity (Wildman–Crippen MR) is 119 cm³/mol. The van der Waals surface area contributed by atoms with Crippen molar-refractivity contribution in [1.29, 1.82) is 0 Å². The van der Waals surface area contributed by atoms with Crippen LogP contribution in [0.2, 0.25) is 0 Å². The molecule has 2 aliphatic rings. The molecule has 2 amide bonds. The maximum absolute atomic E-state index is 13.3. The number of para-hydroxylation sites is 1. The van der Waals surface area contributed by atoms with E-state index in [4.69, 9.17) is 4.74 Å². The number of ketones is 2. The zero-order valence-electron chi connectivity index (χ0n) is 17.5. The molecule has 2 aliphatic heterocycles. The van der Waals surface area contributed by atoms with E-state index >= 15 is 0 Å². The third-order valence-corrected chi connectivity index (χ3v) is 6.10. The maximum atomic E-state index is 13.3. The second-order valence-electron chi connectivity index (χ2n) is 7.60. The minimum Gasteiger partial charge on any atom is -0.456 e. The number of amides is 2. The molecule has 2 aromatic carbocycles. The highest BCUT2D eigenvalue weighted by Gasteiger charge is 2.46. The third kappa shape index (κ3) is 4.38. The van der Waals surface area contributed by atoms with Crippen LogP contribution >= 0.6 is 15.9 Å². The highest BCUT2D eigenvalue weighted by molar-refractivity contribution is 9.10. The lowest BCUT2D eigenvalue weighted by Crippen LogP contribution is -2.53. The predicted octanol–water partition coefficient (Wildman–Crippen LogP) is 2.44. The summed E-state index contributed by atoms with van der Waals surface area (Å²) >= 11 is 3.29. The molecule has 0 spiro atoms. The lowest BCUT2D eigenvalue weighted by molar-refractivity contribution is -0.145. The van der Waals surface area contributed by atoms with Gasteiger partial charge in [-0.1, -0.05) is 40.2 Å². The number of hydrogen-bond acceptors (Lipinski definition) is 7. The summed E-state index contributed by atoms with van der Waals surface area (Å²) in [6.45, 7) is -0.495. The molecular formula is C23H19BrN2O7. The van der Waals surface area contributed by atoms with E-state index in [9.17, 15) is 24.0 Å². The summed E-state index contributed by atoms with van der Waals surface area (Å²) < 4.78 is 10.6. The van der Waals surface area contributed by atoms with Crippen molar-refractivity contribution in [3.8, 4) is 0 Å². The number of benzene rings is 2. The van der Waals surface area contributed by atoms with Gasteiger partial charge in [-0.15, -0.1) is 0 Å². The van der Waals surface area contributed by atoms with Crippen molar-refractivity contribution in [1.82, 2.24) is 5.32 Å². The number of nitrogens with one attached hydrogen (secondary N) is 1. The van der Waals surface area contributed by atoms with Gasteiger partial charge in [-0.25, -0.2) is 9.59 Å². The van der Waals surface area contributed by atoms with Crippen LogP contribution in [0.5, 0.6) is 0 Å². The van der Waals surface area contributed by atoms with E-state index in [2.05, 4.69) is 26.0 Å². The van der Waals surface area contributed by atoms with Crippen LogP contribution in [-0.2, 0) is 25.5 Å². The summed E-state index contributed by atoms with van der Waals surface area (Å²) in [4.78, 5) is 64.4. The van der Waals surface area contributed by atoms with Gasteiger partial charge in [0.05, 0.1) is 12.8 Å². The van der Waals surface area contributed by atoms with Crippen molar-refractivity contribution >= 4 is 51.2 Å². The number of methoxy groups -OCH3 is 1. The standard InChI is InChI=1S/C23H19BrN2O7/c1-32-23(31)25-16-10-18(27)15-4-2-3-13-9-17(26(20(13)15)21(16)29)22(30)33-11-19(28)12-5-7-14(24)8-6-12/h2-8,16-17H,9-11H2,1H3,(H,25,31)/t16-,17-/m0/s1. The monoisotopic (exact) mass is 514 g/mol. The van der Waals surface area contributed by atoms with Gasteiger partial charge in [0.2, 0.25) is 0 Å². The minimum atomic E-state index is -1.21. The van der Waals surface area contributed by atoms with Crippen molar-refractivity contribution in [2.75, 3.05) is 18.6 Å². The largest absolute Gasteiger partial charge is 0.456 e. The summed E-state index contributed by atoms with van der Waals surface area (Å²) in [6, 6.07) is 9.30. The number of esters is 1. The second-order valence-corrected chi connectivity index (χ2v) is 8.51. The molecule has 0 bridgehead atoms. The number of halogens is 1. The quantitative estimate of drug-likeness (QED) is 0.480. The summed E-state index contributed by atoms with van der Waals surface area (Å²) in [5.74, 6) is -2.14. The highest BCUT2D eigenvalue weighted by Crippen LogP contribution is 2.39. The molecule has 0 saturated carbocycles. The van der Waals surface area contributed by atoms with E-state index in [1.54, 1.807) is 42.5 Å². The number of alkyl carbamates (subject to hydrolysis) is 1. The molecule has 0 unspecified atom stereocenters. The maximum Gasteiger partial charge on any atom is 0.407 e. The minimum absolute atomic E-state index is 0.123. The molecule has 0 saturated heterocycles. The first-order valence-electron chi connectivity index (χ1n) is 10.1. The first-order chi connectivity index (χ1) is 15.8.